The maximum atomic E-state index is 13.5. The molecule has 19 heteroatoms. The van der Waals surface area contributed by atoms with E-state index >= 15 is 0 Å². The highest BCUT2D eigenvalue weighted by molar-refractivity contribution is 5.76. The molecular formula is C80H153NO18. The molecule has 3 aliphatic rings. The third kappa shape index (κ3) is 41.9. The SMILES string of the molecule is CCCCCCCCCCCCCCCCCCC/C=C/C(O)C(COC1OC(CO)C(OC2OC(CO)C(OC3OC(CO)C(O)C(O)C3O)C(O)C2O)C(O)C1O)NC(=O)CCCCCCCCCCCCCCCCCCCCCCCCCCCCCCCCCCCCC. The fourth-order valence-electron chi connectivity index (χ4n) is 14.4. The van der Waals surface area contributed by atoms with Crippen molar-refractivity contribution in [3.05, 3.63) is 12.2 Å². The standard InChI is InChI=1S/C80H153NO18/c1-3-5-7-9-11-13-15-17-19-21-23-24-25-26-27-28-29-30-31-32-33-34-35-36-37-38-40-42-44-46-48-50-52-54-56-58-68(86)81-63(64(85)57-55-53-51-49-47-45-43-41-39-22-20-18-16-14-12-10-8-6-4-2)62-94-78-74(92)71(89)76(66(60-83)96-78)99-80-75(93)72(90)77(67(61-84)97-80)98-79-73(91)70(88)69(87)65(59-82)95-79/h55,57,63-67,69-80,82-85,87-93H,3-54,56,58-62H2,1-2H3,(H,81,86)/b57-55+. The van der Waals surface area contributed by atoms with Gasteiger partial charge in [-0.3, -0.25) is 4.79 Å². The number of carbonyl (C=O) groups is 1. The molecule has 17 atom stereocenters. The van der Waals surface area contributed by atoms with Crippen molar-refractivity contribution < 1.29 is 89.4 Å². The Morgan fingerprint density at radius 2 is 0.626 bits per heavy atom. The number of allylic oxidation sites excluding steroid dienone is 1. The zero-order chi connectivity index (χ0) is 71.8. The summed E-state index contributed by atoms with van der Waals surface area (Å²) in [6, 6.07) is -0.970. The number of aliphatic hydroxyl groups excluding tert-OH is 11. The van der Waals surface area contributed by atoms with Gasteiger partial charge in [0.15, 0.2) is 18.9 Å². The molecule has 0 radical (unpaired) electrons. The molecule has 17 unspecified atom stereocenters. The Kier molecular flexibility index (Phi) is 57.1. The Bertz CT molecular complexity index is 1840. The first-order valence-corrected chi connectivity index (χ1v) is 41.4. The molecule has 3 heterocycles. The van der Waals surface area contributed by atoms with E-state index in [0.29, 0.717) is 6.42 Å². The molecule has 3 rings (SSSR count). The van der Waals surface area contributed by atoms with E-state index in [1.807, 2.05) is 6.08 Å². The zero-order valence-corrected chi connectivity index (χ0v) is 62.8. The Hall–Kier alpha value is -1.47. The summed E-state index contributed by atoms with van der Waals surface area (Å²) in [6.45, 7) is 1.80. The van der Waals surface area contributed by atoms with Crippen molar-refractivity contribution in [2.45, 2.75) is 465 Å². The van der Waals surface area contributed by atoms with Gasteiger partial charge in [0.05, 0.1) is 38.6 Å². The molecule has 0 aromatic heterocycles. The number of hydrogen-bond acceptors (Lipinski definition) is 18. The predicted molar refractivity (Wildman–Crippen MR) is 393 cm³/mol. The second kappa shape index (κ2) is 61.7. The normalized spacial score (nSPS) is 26.6. The number of unbranched alkanes of at least 4 members (excludes halogenated alkanes) is 51. The highest BCUT2D eigenvalue weighted by atomic mass is 16.8. The minimum Gasteiger partial charge on any atom is -0.394 e. The second-order valence-electron chi connectivity index (χ2n) is 30.0. The number of aliphatic hydroxyl groups is 11. The molecule has 0 aromatic rings. The van der Waals surface area contributed by atoms with Crippen LogP contribution in [0.25, 0.3) is 0 Å². The van der Waals surface area contributed by atoms with Crippen molar-refractivity contribution in [1.82, 2.24) is 5.32 Å². The van der Waals surface area contributed by atoms with Gasteiger partial charge < -0.3 is 89.9 Å². The Balaban J connectivity index is 1.32. The van der Waals surface area contributed by atoms with Gasteiger partial charge in [-0.15, -0.1) is 0 Å². The lowest BCUT2D eigenvalue weighted by Crippen LogP contribution is -2.66. The maximum absolute atomic E-state index is 13.5. The van der Waals surface area contributed by atoms with E-state index in [9.17, 15) is 61.0 Å². The molecule has 0 spiro atoms. The molecule has 3 aliphatic heterocycles. The Morgan fingerprint density at radius 3 is 0.949 bits per heavy atom. The van der Waals surface area contributed by atoms with Gasteiger partial charge >= 0.3 is 0 Å². The molecule has 0 aromatic carbocycles. The average molecular weight is 1420 g/mol. The fraction of sp³-hybridized carbons (Fsp3) is 0.963. The topological polar surface area (TPSA) is 307 Å². The first kappa shape index (κ1) is 91.7. The van der Waals surface area contributed by atoms with E-state index in [4.69, 9.17) is 28.4 Å². The molecule has 3 fully saturated rings. The van der Waals surface area contributed by atoms with Crippen LogP contribution >= 0.6 is 0 Å². The van der Waals surface area contributed by atoms with Gasteiger partial charge in [-0.05, 0) is 19.3 Å². The zero-order valence-electron chi connectivity index (χ0n) is 62.8. The van der Waals surface area contributed by atoms with Crippen LogP contribution in [0.4, 0.5) is 0 Å². The number of amides is 1. The predicted octanol–water partition coefficient (Wildman–Crippen LogP) is 14.0. The van der Waals surface area contributed by atoms with Crippen molar-refractivity contribution in [3.8, 4) is 0 Å². The van der Waals surface area contributed by atoms with Crippen LogP contribution in [0.2, 0.25) is 0 Å². The molecule has 99 heavy (non-hydrogen) atoms. The largest absolute Gasteiger partial charge is 0.394 e. The van der Waals surface area contributed by atoms with E-state index < -0.39 is 124 Å². The van der Waals surface area contributed by atoms with Gasteiger partial charge in [-0.1, -0.05) is 347 Å². The van der Waals surface area contributed by atoms with Gasteiger partial charge in [0, 0.05) is 6.42 Å². The van der Waals surface area contributed by atoms with Gasteiger partial charge in [0.1, 0.15) is 73.2 Å². The van der Waals surface area contributed by atoms with E-state index in [1.165, 1.54) is 289 Å². The van der Waals surface area contributed by atoms with Crippen LogP contribution in [0.1, 0.15) is 361 Å². The van der Waals surface area contributed by atoms with Crippen LogP contribution < -0.4 is 5.32 Å². The highest BCUT2D eigenvalue weighted by Gasteiger charge is 2.54. The lowest BCUT2D eigenvalue weighted by atomic mass is 9.96. The Morgan fingerprint density at radius 1 is 0.354 bits per heavy atom. The molecule has 19 nitrogen and oxygen atoms in total. The molecular weight excluding hydrogens is 1260 g/mol. The quantitative estimate of drug-likeness (QED) is 0.0199. The minimum atomic E-state index is -1.98. The summed E-state index contributed by atoms with van der Waals surface area (Å²) in [6.07, 6.45) is 46.5. The summed E-state index contributed by atoms with van der Waals surface area (Å²) in [5.74, 6) is -0.266. The molecule has 0 saturated carbocycles. The fourth-order valence-corrected chi connectivity index (χ4v) is 14.4. The lowest BCUT2D eigenvalue weighted by molar-refractivity contribution is -0.379. The molecule has 12 N–H and O–H groups in total. The van der Waals surface area contributed by atoms with Gasteiger partial charge in [0.2, 0.25) is 5.91 Å². The van der Waals surface area contributed by atoms with E-state index in [2.05, 4.69) is 19.2 Å². The van der Waals surface area contributed by atoms with Crippen LogP contribution in [0.15, 0.2) is 12.2 Å². The van der Waals surface area contributed by atoms with Gasteiger partial charge in [0.25, 0.3) is 0 Å². The summed E-state index contributed by atoms with van der Waals surface area (Å²) in [5.41, 5.74) is 0. The Labute approximate surface area is 601 Å². The van der Waals surface area contributed by atoms with E-state index in [-0.39, 0.29) is 18.9 Å². The van der Waals surface area contributed by atoms with Crippen LogP contribution in [0.3, 0.4) is 0 Å². The number of rotatable bonds is 67. The number of ether oxygens (including phenoxy) is 6. The molecule has 0 bridgehead atoms. The summed E-state index contributed by atoms with van der Waals surface area (Å²) in [4.78, 5) is 13.5. The summed E-state index contributed by atoms with van der Waals surface area (Å²) in [7, 11) is 0. The summed E-state index contributed by atoms with van der Waals surface area (Å²) < 4.78 is 34.5. The van der Waals surface area contributed by atoms with Crippen molar-refractivity contribution >= 4 is 5.91 Å². The third-order valence-corrected chi connectivity index (χ3v) is 21.1. The molecule has 0 aliphatic carbocycles. The molecule has 586 valence electrons. The van der Waals surface area contributed by atoms with Crippen LogP contribution in [-0.4, -0.2) is 193 Å². The van der Waals surface area contributed by atoms with Crippen molar-refractivity contribution in [2.24, 2.45) is 0 Å². The van der Waals surface area contributed by atoms with Gasteiger partial charge in [-0.25, -0.2) is 0 Å². The van der Waals surface area contributed by atoms with Crippen LogP contribution in [0, 0.1) is 0 Å². The first-order chi connectivity index (χ1) is 48.3. The average Bonchev–Trinajstić information content (AvgIpc) is 0.788. The van der Waals surface area contributed by atoms with Gasteiger partial charge in [-0.2, -0.15) is 0 Å². The van der Waals surface area contributed by atoms with Crippen molar-refractivity contribution in [1.29, 1.82) is 0 Å². The second-order valence-corrected chi connectivity index (χ2v) is 30.0. The molecule has 3 saturated heterocycles. The molecule has 1 amide bonds. The van der Waals surface area contributed by atoms with Crippen molar-refractivity contribution in [2.75, 3.05) is 26.4 Å². The third-order valence-electron chi connectivity index (χ3n) is 21.1. The highest BCUT2D eigenvalue weighted by Crippen LogP contribution is 2.33. The number of hydrogen-bond donors (Lipinski definition) is 12. The first-order valence-electron chi connectivity index (χ1n) is 41.4. The number of carbonyl (C=O) groups excluding carboxylic acids is 1. The lowest BCUT2D eigenvalue weighted by Gasteiger charge is -2.48. The monoisotopic (exact) mass is 1420 g/mol. The smallest absolute Gasteiger partial charge is 0.220 e. The van der Waals surface area contributed by atoms with Crippen LogP contribution in [-0.2, 0) is 33.2 Å². The van der Waals surface area contributed by atoms with E-state index in [1.54, 1.807) is 6.08 Å². The van der Waals surface area contributed by atoms with Crippen LogP contribution in [0.5, 0.6) is 0 Å². The maximum Gasteiger partial charge on any atom is 0.220 e. The summed E-state index contributed by atoms with van der Waals surface area (Å²) in [5, 5.41) is 121. The summed E-state index contributed by atoms with van der Waals surface area (Å²) >= 11 is 0. The van der Waals surface area contributed by atoms with E-state index in [0.717, 1.165) is 44.9 Å². The van der Waals surface area contributed by atoms with Crippen molar-refractivity contribution in [3.63, 3.8) is 0 Å². The minimum absolute atomic E-state index is 0.250. The number of nitrogens with one attached hydrogen (secondary N) is 1.